The van der Waals surface area contributed by atoms with E-state index >= 15 is 0 Å². The van der Waals surface area contributed by atoms with Gasteiger partial charge in [-0.3, -0.25) is 9.78 Å². The number of anilines is 1. The lowest BCUT2D eigenvalue weighted by Gasteiger charge is -2.19. The summed E-state index contributed by atoms with van der Waals surface area (Å²) in [5.74, 6) is 0.219. The van der Waals surface area contributed by atoms with Gasteiger partial charge in [0.25, 0.3) is 0 Å². The first kappa shape index (κ1) is 11.2. The molecule has 3 heteroatoms. The summed E-state index contributed by atoms with van der Waals surface area (Å²) in [6.07, 6.45) is 2.46. The molecule has 0 atom stereocenters. The van der Waals surface area contributed by atoms with E-state index in [0.29, 0.717) is 6.42 Å². The van der Waals surface area contributed by atoms with Crippen LogP contribution < -0.4 is 5.32 Å². The number of nitrogens with zero attached hydrogens (tertiary/aromatic N) is 1. The van der Waals surface area contributed by atoms with Crippen molar-refractivity contribution < 1.29 is 4.79 Å². The molecule has 1 aromatic heterocycles. The number of hydrogen-bond acceptors (Lipinski definition) is 3. The van der Waals surface area contributed by atoms with E-state index in [1.807, 2.05) is 13.1 Å². The zero-order valence-corrected chi connectivity index (χ0v) is 10.7. The quantitative estimate of drug-likeness (QED) is 0.832. The number of pyridine rings is 1. The van der Waals surface area contributed by atoms with E-state index < -0.39 is 0 Å². The molecular formula is C15H16N2O. The number of fused-ring (bicyclic) bond motifs is 2. The molecule has 0 amide bonds. The van der Waals surface area contributed by atoms with Gasteiger partial charge >= 0.3 is 0 Å². The number of nitrogens with one attached hydrogen (secondary N) is 1. The summed E-state index contributed by atoms with van der Waals surface area (Å²) < 4.78 is 0. The maximum atomic E-state index is 12.1. The molecular weight excluding hydrogens is 224 g/mol. The van der Waals surface area contributed by atoms with E-state index in [2.05, 4.69) is 29.4 Å². The predicted molar refractivity (Wildman–Crippen MR) is 73.3 cm³/mol. The Bertz CT molecular complexity index is 646. The molecule has 1 aromatic carbocycles. The number of carbonyl (C=O) groups excluding carboxylic acids is 1. The number of ketones is 1. The van der Waals surface area contributed by atoms with Crippen molar-refractivity contribution in [2.45, 2.75) is 26.2 Å². The van der Waals surface area contributed by atoms with Crippen LogP contribution >= 0.6 is 0 Å². The molecule has 18 heavy (non-hydrogen) atoms. The molecule has 0 saturated carbocycles. The highest BCUT2D eigenvalue weighted by Gasteiger charge is 2.23. The zero-order valence-electron chi connectivity index (χ0n) is 10.7. The molecule has 0 fully saturated rings. The molecule has 1 aliphatic carbocycles. The van der Waals surface area contributed by atoms with Gasteiger partial charge in [0, 0.05) is 18.9 Å². The minimum absolute atomic E-state index is 0.219. The van der Waals surface area contributed by atoms with E-state index in [4.69, 9.17) is 0 Å². The first-order valence-electron chi connectivity index (χ1n) is 6.35. The van der Waals surface area contributed by atoms with E-state index in [0.717, 1.165) is 40.7 Å². The number of hydrogen-bond donors (Lipinski definition) is 1. The molecule has 0 bridgehead atoms. The van der Waals surface area contributed by atoms with Crippen molar-refractivity contribution in [2.75, 3.05) is 12.4 Å². The molecule has 2 aromatic rings. The smallest absolute Gasteiger partial charge is 0.166 e. The van der Waals surface area contributed by atoms with Crippen LogP contribution in [-0.4, -0.2) is 17.8 Å². The monoisotopic (exact) mass is 240 g/mol. The van der Waals surface area contributed by atoms with Crippen molar-refractivity contribution in [1.29, 1.82) is 0 Å². The SMILES string of the molecule is CNc1c2c(nc3ccc(C)cc13)CCCC2=O. The third kappa shape index (κ3) is 1.58. The van der Waals surface area contributed by atoms with Crippen molar-refractivity contribution in [2.24, 2.45) is 0 Å². The minimum Gasteiger partial charge on any atom is -0.387 e. The second kappa shape index (κ2) is 4.09. The minimum atomic E-state index is 0.219. The highest BCUT2D eigenvalue weighted by molar-refractivity contribution is 6.09. The molecule has 1 heterocycles. The lowest BCUT2D eigenvalue weighted by atomic mass is 9.91. The average molecular weight is 240 g/mol. The predicted octanol–water partition coefficient (Wildman–Crippen LogP) is 3.10. The Morgan fingerprint density at radius 3 is 2.89 bits per heavy atom. The summed E-state index contributed by atoms with van der Waals surface area (Å²) in [6, 6.07) is 6.19. The zero-order chi connectivity index (χ0) is 12.7. The fraction of sp³-hybridized carbons (Fsp3) is 0.333. The van der Waals surface area contributed by atoms with Crippen LogP contribution in [-0.2, 0) is 6.42 Å². The number of aromatic nitrogens is 1. The Morgan fingerprint density at radius 1 is 1.28 bits per heavy atom. The van der Waals surface area contributed by atoms with Crippen LogP contribution in [0.2, 0.25) is 0 Å². The van der Waals surface area contributed by atoms with Crippen LogP contribution in [0.1, 0.15) is 34.5 Å². The number of aryl methyl sites for hydroxylation is 2. The Hall–Kier alpha value is -1.90. The standard InChI is InChI=1S/C15H16N2O/c1-9-6-7-11-10(8-9)15(16-2)14-12(17-11)4-3-5-13(14)18/h6-8H,3-5H2,1-2H3,(H,16,17). The van der Waals surface area contributed by atoms with Gasteiger partial charge in [-0.15, -0.1) is 0 Å². The van der Waals surface area contributed by atoms with E-state index in [9.17, 15) is 4.79 Å². The summed E-state index contributed by atoms with van der Waals surface area (Å²) >= 11 is 0. The molecule has 0 unspecified atom stereocenters. The molecule has 1 N–H and O–H groups in total. The molecule has 3 rings (SSSR count). The van der Waals surface area contributed by atoms with Gasteiger partial charge in [0.15, 0.2) is 5.78 Å². The summed E-state index contributed by atoms with van der Waals surface area (Å²) in [5, 5.41) is 4.24. The van der Waals surface area contributed by atoms with Crippen LogP contribution in [0.25, 0.3) is 10.9 Å². The van der Waals surface area contributed by atoms with Gasteiger partial charge in [0.1, 0.15) is 0 Å². The second-order valence-electron chi connectivity index (χ2n) is 4.86. The maximum absolute atomic E-state index is 12.1. The summed E-state index contributed by atoms with van der Waals surface area (Å²) in [5.41, 5.74) is 4.86. The lowest BCUT2D eigenvalue weighted by Crippen LogP contribution is -2.15. The lowest BCUT2D eigenvalue weighted by molar-refractivity contribution is 0.0972. The first-order valence-corrected chi connectivity index (χ1v) is 6.35. The maximum Gasteiger partial charge on any atom is 0.166 e. The Balaban J connectivity index is 2.41. The number of carbonyl (C=O) groups is 1. The first-order chi connectivity index (χ1) is 8.70. The summed E-state index contributed by atoms with van der Waals surface area (Å²) in [4.78, 5) is 16.8. The highest BCUT2D eigenvalue weighted by atomic mass is 16.1. The number of benzene rings is 1. The van der Waals surface area contributed by atoms with Gasteiger partial charge in [-0.2, -0.15) is 0 Å². The molecule has 1 aliphatic rings. The van der Waals surface area contributed by atoms with Crippen molar-refractivity contribution in [3.8, 4) is 0 Å². The summed E-state index contributed by atoms with van der Waals surface area (Å²) in [6.45, 7) is 2.06. The molecule has 92 valence electrons. The fourth-order valence-electron chi connectivity index (χ4n) is 2.71. The Morgan fingerprint density at radius 2 is 2.11 bits per heavy atom. The topological polar surface area (TPSA) is 42.0 Å². The van der Waals surface area contributed by atoms with E-state index in [1.165, 1.54) is 5.56 Å². The molecule has 0 saturated heterocycles. The summed E-state index contributed by atoms with van der Waals surface area (Å²) in [7, 11) is 1.87. The van der Waals surface area contributed by atoms with Gasteiger partial charge in [0.05, 0.1) is 22.5 Å². The van der Waals surface area contributed by atoms with Crippen LogP contribution in [0, 0.1) is 6.92 Å². The van der Waals surface area contributed by atoms with Gasteiger partial charge in [-0.05, 0) is 31.9 Å². The van der Waals surface area contributed by atoms with Crippen LogP contribution in [0.15, 0.2) is 18.2 Å². The Kier molecular flexibility index (Phi) is 2.54. The van der Waals surface area contributed by atoms with E-state index in [-0.39, 0.29) is 5.78 Å². The van der Waals surface area contributed by atoms with Crippen LogP contribution in [0.4, 0.5) is 5.69 Å². The van der Waals surface area contributed by atoms with Gasteiger partial charge in [0.2, 0.25) is 0 Å². The highest BCUT2D eigenvalue weighted by Crippen LogP contribution is 2.33. The largest absolute Gasteiger partial charge is 0.387 e. The number of Topliss-reactive ketones (excluding diaryl/α,β-unsaturated/α-hetero) is 1. The van der Waals surface area contributed by atoms with Crippen LogP contribution in [0.3, 0.4) is 0 Å². The molecule has 3 nitrogen and oxygen atoms in total. The number of rotatable bonds is 1. The average Bonchev–Trinajstić information content (AvgIpc) is 2.37. The molecule has 0 spiro atoms. The van der Waals surface area contributed by atoms with Crippen molar-refractivity contribution >= 4 is 22.4 Å². The van der Waals surface area contributed by atoms with Gasteiger partial charge < -0.3 is 5.32 Å². The van der Waals surface area contributed by atoms with Crippen molar-refractivity contribution in [3.05, 3.63) is 35.0 Å². The molecule has 0 radical (unpaired) electrons. The third-order valence-electron chi connectivity index (χ3n) is 3.56. The normalized spacial score (nSPS) is 14.7. The Labute approximate surface area is 106 Å². The van der Waals surface area contributed by atoms with Gasteiger partial charge in [-0.25, -0.2) is 0 Å². The fourth-order valence-corrected chi connectivity index (χ4v) is 2.71. The van der Waals surface area contributed by atoms with Crippen molar-refractivity contribution in [3.63, 3.8) is 0 Å². The third-order valence-corrected chi connectivity index (χ3v) is 3.56. The van der Waals surface area contributed by atoms with E-state index in [1.54, 1.807) is 0 Å². The van der Waals surface area contributed by atoms with Crippen molar-refractivity contribution in [1.82, 2.24) is 4.98 Å². The molecule has 0 aliphatic heterocycles. The second-order valence-corrected chi connectivity index (χ2v) is 4.86. The van der Waals surface area contributed by atoms with Crippen LogP contribution in [0.5, 0.6) is 0 Å². The van der Waals surface area contributed by atoms with Gasteiger partial charge in [-0.1, -0.05) is 11.6 Å².